The van der Waals surface area contributed by atoms with Gasteiger partial charge in [0.1, 0.15) is 0 Å². The van der Waals surface area contributed by atoms with Crippen LogP contribution in [0.5, 0.6) is 0 Å². The fourth-order valence-corrected chi connectivity index (χ4v) is 4.23. The van der Waals surface area contributed by atoms with E-state index in [-0.39, 0.29) is 22.0 Å². The highest BCUT2D eigenvalue weighted by Gasteiger charge is 2.17. The number of aromatic nitrogens is 2. The van der Waals surface area contributed by atoms with Gasteiger partial charge in [0.2, 0.25) is 11.9 Å². The average Bonchev–Trinajstić information content (AvgIpc) is 2.69. The van der Waals surface area contributed by atoms with Crippen molar-refractivity contribution in [2.24, 2.45) is 0 Å². The lowest BCUT2D eigenvalue weighted by molar-refractivity contribution is -0.115. The third kappa shape index (κ3) is 5.78. The summed E-state index contributed by atoms with van der Waals surface area (Å²) in [5.74, 6) is -0.158. The van der Waals surface area contributed by atoms with Crippen molar-refractivity contribution in [2.45, 2.75) is 28.9 Å². The van der Waals surface area contributed by atoms with Crippen LogP contribution in [0.2, 0.25) is 0 Å². The fourth-order valence-electron chi connectivity index (χ4n) is 2.40. The number of carbonyl (C=O) groups is 1. The summed E-state index contributed by atoms with van der Waals surface area (Å²) in [5.41, 5.74) is 1.17. The minimum Gasteiger partial charge on any atom is -0.325 e. The number of nitrogens with zero attached hydrogens (tertiary/aromatic N) is 2. The van der Waals surface area contributed by atoms with E-state index >= 15 is 0 Å². The highest BCUT2D eigenvalue weighted by Crippen LogP contribution is 2.24. The molecule has 1 aromatic heterocycles. The summed E-state index contributed by atoms with van der Waals surface area (Å²) in [6, 6.07) is 17.2. The number of aryl methyl sites for hydroxylation is 1. The van der Waals surface area contributed by atoms with Gasteiger partial charge in [-0.25, -0.2) is 23.1 Å². The molecule has 1 amide bonds. The minimum absolute atomic E-state index is 0.00846. The topological polar surface area (TPSA) is 101 Å². The molecule has 150 valence electrons. The van der Waals surface area contributed by atoms with Gasteiger partial charge in [-0.2, -0.15) is 0 Å². The maximum Gasteiger partial charge on any atom is 0.264 e. The second kappa shape index (κ2) is 9.06. The molecule has 0 aliphatic carbocycles. The summed E-state index contributed by atoms with van der Waals surface area (Å²) >= 11 is 1.45. The quantitative estimate of drug-likeness (QED) is 0.557. The van der Waals surface area contributed by atoms with Crippen molar-refractivity contribution in [3.8, 4) is 0 Å². The van der Waals surface area contributed by atoms with Crippen LogP contribution in [0.4, 0.5) is 11.6 Å². The van der Waals surface area contributed by atoms with Crippen LogP contribution in [0.1, 0.15) is 12.6 Å². The first-order valence-electron chi connectivity index (χ1n) is 8.78. The van der Waals surface area contributed by atoms with Crippen LogP contribution in [0.15, 0.2) is 76.7 Å². The second-order valence-electron chi connectivity index (χ2n) is 6.21. The molecule has 2 N–H and O–H groups in total. The van der Waals surface area contributed by atoms with E-state index in [9.17, 15) is 13.2 Å². The van der Waals surface area contributed by atoms with Crippen LogP contribution in [-0.2, 0) is 14.8 Å². The predicted molar refractivity (Wildman–Crippen MR) is 114 cm³/mol. The molecular weight excluding hydrogens is 408 g/mol. The Balaban J connectivity index is 1.64. The second-order valence-corrected chi connectivity index (χ2v) is 9.31. The van der Waals surface area contributed by atoms with Crippen LogP contribution in [0.3, 0.4) is 0 Å². The zero-order valence-corrected chi connectivity index (χ0v) is 17.5. The van der Waals surface area contributed by atoms with Crippen molar-refractivity contribution in [1.82, 2.24) is 9.97 Å². The number of benzene rings is 2. The first-order chi connectivity index (χ1) is 13.8. The normalized spacial score (nSPS) is 12.2. The molecule has 1 atom stereocenters. The van der Waals surface area contributed by atoms with Gasteiger partial charge in [-0.1, -0.05) is 18.2 Å². The number of hydrogen-bond acceptors (Lipinski definition) is 6. The Hall–Kier alpha value is -2.91. The number of anilines is 2. The van der Waals surface area contributed by atoms with E-state index in [1.165, 1.54) is 30.1 Å². The Morgan fingerprint density at radius 1 is 1.03 bits per heavy atom. The highest BCUT2D eigenvalue weighted by atomic mass is 32.2. The van der Waals surface area contributed by atoms with Gasteiger partial charge < -0.3 is 5.32 Å². The zero-order valence-electron chi connectivity index (χ0n) is 15.9. The van der Waals surface area contributed by atoms with E-state index in [4.69, 9.17) is 0 Å². The molecule has 3 rings (SSSR count). The van der Waals surface area contributed by atoms with Crippen LogP contribution in [0.25, 0.3) is 0 Å². The van der Waals surface area contributed by atoms with Crippen LogP contribution < -0.4 is 10.0 Å². The molecule has 1 heterocycles. The summed E-state index contributed by atoms with van der Waals surface area (Å²) in [5, 5.41) is 2.49. The van der Waals surface area contributed by atoms with Crippen LogP contribution in [0, 0.1) is 6.92 Å². The van der Waals surface area contributed by atoms with E-state index in [1.807, 2.05) is 37.3 Å². The van der Waals surface area contributed by atoms with E-state index in [0.717, 1.165) is 4.90 Å². The Morgan fingerprint density at radius 3 is 2.38 bits per heavy atom. The third-order valence-electron chi connectivity index (χ3n) is 3.88. The number of amides is 1. The SMILES string of the molecule is Cc1ccnc(NS(=O)(=O)c2ccc(NC(=O)[C@H](C)Sc3ccccc3)cc2)n1. The number of sulfonamides is 1. The molecule has 0 spiro atoms. The summed E-state index contributed by atoms with van der Waals surface area (Å²) in [7, 11) is -3.82. The number of carbonyl (C=O) groups excluding carboxylic acids is 1. The van der Waals surface area contributed by atoms with Gasteiger partial charge in [0, 0.05) is 22.5 Å². The lowest BCUT2D eigenvalue weighted by Crippen LogP contribution is -2.22. The summed E-state index contributed by atoms with van der Waals surface area (Å²) in [4.78, 5) is 21.4. The van der Waals surface area contributed by atoms with Gasteiger partial charge in [-0.05, 0) is 56.3 Å². The van der Waals surface area contributed by atoms with E-state index in [1.54, 1.807) is 25.1 Å². The average molecular weight is 429 g/mol. The fraction of sp³-hybridized carbons (Fsp3) is 0.150. The molecule has 2 aromatic carbocycles. The molecule has 0 unspecified atom stereocenters. The first kappa shape index (κ1) is 20.8. The molecule has 0 fully saturated rings. The monoisotopic (exact) mass is 428 g/mol. The van der Waals surface area contributed by atoms with E-state index < -0.39 is 10.0 Å². The minimum atomic E-state index is -3.82. The lowest BCUT2D eigenvalue weighted by atomic mass is 10.3. The van der Waals surface area contributed by atoms with Crippen molar-refractivity contribution in [3.05, 3.63) is 72.6 Å². The van der Waals surface area contributed by atoms with Gasteiger partial charge in [-0.15, -0.1) is 11.8 Å². The predicted octanol–water partition coefficient (Wildman–Crippen LogP) is 3.71. The molecule has 0 aliphatic heterocycles. The number of nitrogens with one attached hydrogen (secondary N) is 2. The van der Waals surface area contributed by atoms with E-state index in [0.29, 0.717) is 11.4 Å². The Bertz CT molecular complexity index is 1090. The molecule has 0 aliphatic rings. The maximum absolute atomic E-state index is 12.5. The highest BCUT2D eigenvalue weighted by molar-refractivity contribution is 8.00. The smallest absolute Gasteiger partial charge is 0.264 e. The van der Waals surface area contributed by atoms with Crippen molar-refractivity contribution in [2.75, 3.05) is 10.0 Å². The van der Waals surface area contributed by atoms with Gasteiger partial charge in [0.25, 0.3) is 10.0 Å². The lowest BCUT2D eigenvalue weighted by Gasteiger charge is -2.12. The van der Waals surface area contributed by atoms with E-state index in [2.05, 4.69) is 20.0 Å². The number of hydrogen-bond donors (Lipinski definition) is 2. The maximum atomic E-state index is 12.5. The number of rotatable bonds is 7. The number of thioether (sulfide) groups is 1. The largest absolute Gasteiger partial charge is 0.325 e. The molecule has 9 heteroatoms. The Labute approximate surface area is 174 Å². The summed E-state index contributed by atoms with van der Waals surface area (Å²) < 4.78 is 27.3. The third-order valence-corrected chi connectivity index (χ3v) is 6.33. The van der Waals surface area contributed by atoms with Crippen molar-refractivity contribution in [3.63, 3.8) is 0 Å². The standard InChI is InChI=1S/C20H20N4O3S2/c1-14-12-13-21-20(22-14)24-29(26,27)18-10-8-16(9-11-18)23-19(25)15(2)28-17-6-4-3-5-7-17/h3-13,15H,1-2H3,(H,23,25)(H,21,22,24)/t15-/m0/s1. The van der Waals surface area contributed by atoms with Gasteiger partial charge in [-0.3, -0.25) is 4.79 Å². The van der Waals surface area contributed by atoms with Gasteiger partial charge >= 0.3 is 0 Å². The molecule has 0 saturated carbocycles. The van der Waals surface area contributed by atoms with Crippen LogP contribution in [-0.4, -0.2) is 29.5 Å². The summed E-state index contributed by atoms with van der Waals surface area (Å²) in [6.45, 7) is 3.56. The van der Waals surface area contributed by atoms with Gasteiger partial charge in [0.15, 0.2) is 0 Å². The molecule has 0 saturated heterocycles. The molecule has 29 heavy (non-hydrogen) atoms. The first-order valence-corrected chi connectivity index (χ1v) is 11.1. The Morgan fingerprint density at radius 2 is 1.72 bits per heavy atom. The molecule has 7 nitrogen and oxygen atoms in total. The molecule has 0 bridgehead atoms. The molecule has 3 aromatic rings. The zero-order chi connectivity index (χ0) is 20.9. The van der Waals surface area contributed by atoms with Crippen molar-refractivity contribution in [1.29, 1.82) is 0 Å². The molecular formula is C20H20N4O3S2. The van der Waals surface area contributed by atoms with Gasteiger partial charge in [0.05, 0.1) is 10.1 Å². The molecule has 0 radical (unpaired) electrons. The van der Waals surface area contributed by atoms with Crippen LogP contribution >= 0.6 is 11.8 Å². The van der Waals surface area contributed by atoms with Crippen molar-refractivity contribution < 1.29 is 13.2 Å². The summed E-state index contributed by atoms with van der Waals surface area (Å²) in [6.07, 6.45) is 1.48. The van der Waals surface area contributed by atoms with Crippen molar-refractivity contribution >= 4 is 39.3 Å². The Kier molecular flexibility index (Phi) is 6.50.